The van der Waals surface area contributed by atoms with Crippen LogP contribution in [0.5, 0.6) is 0 Å². The highest BCUT2D eigenvalue weighted by molar-refractivity contribution is 6.30. The van der Waals surface area contributed by atoms with Gasteiger partial charge in [-0.05, 0) is 42.5 Å². The lowest BCUT2D eigenvalue weighted by Gasteiger charge is -2.38. The minimum atomic E-state index is -0.455. The fraction of sp³-hybridized carbons (Fsp3) is 0.300. The lowest BCUT2D eigenvalue weighted by atomic mass is 10.1. The molecule has 0 radical (unpaired) electrons. The SMILES string of the molecule is O=C1CC(N2CCN(c3cccc(Cl)c3)CC2)C(=O)N1c1ccc(F)cc1. The van der Waals surface area contributed by atoms with Crippen molar-refractivity contribution in [3.8, 4) is 0 Å². The zero-order chi connectivity index (χ0) is 19.0. The third kappa shape index (κ3) is 3.55. The van der Waals surface area contributed by atoms with Gasteiger partial charge >= 0.3 is 0 Å². The summed E-state index contributed by atoms with van der Waals surface area (Å²) >= 11 is 6.07. The molecule has 0 bridgehead atoms. The maximum atomic E-state index is 13.1. The van der Waals surface area contributed by atoms with Gasteiger partial charge in [0.1, 0.15) is 5.82 Å². The van der Waals surface area contributed by atoms with E-state index in [4.69, 9.17) is 11.6 Å². The van der Waals surface area contributed by atoms with Crippen molar-refractivity contribution >= 4 is 34.8 Å². The summed E-state index contributed by atoms with van der Waals surface area (Å²) in [7, 11) is 0. The molecule has 0 spiro atoms. The molecule has 0 aliphatic carbocycles. The lowest BCUT2D eigenvalue weighted by Crippen LogP contribution is -2.52. The van der Waals surface area contributed by atoms with Crippen LogP contribution in [0.1, 0.15) is 6.42 Å². The summed E-state index contributed by atoms with van der Waals surface area (Å²) in [6.07, 6.45) is 0.160. The van der Waals surface area contributed by atoms with Crippen LogP contribution in [-0.2, 0) is 9.59 Å². The molecule has 0 N–H and O–H groups in total. The number of hydrogen-bond acceptors (Lipinski definition) is 4. The summed E-state index contributed by atoms with van der Waals surface area (Å²) < 4.78 is 13.1. The molecule has 27 heavy (non-hydrogen) atoms. The van der Waals surface area contributed by atoms with Gasteiger partial charge in [-0.25, -0.2) is 9.29 Å². The van der Waals surface area contributed by atoms with Gasteiger partial charge in [0.05, 0.1) is 18.2 Å². The number of carbonyl (C=O) groups excluding carboxylic acids is 2. The van der Waals surface area contributed by atoms with Gasteiger partial charge in [0.2, 0.25) is 5.91 Å². The summed E-state index contributed by atoms with van der Waals surface area (Å²) in [6, 6.07) is 12.7. The molecule has 2 aromatic carbocycles. The molecular weight excluding hydrogens is 369 g/mol. The number of rotatable bonds is 3. The molecule has 2 fully saturated rings. The third-order valence-corrected chi connectivity index (χ3v) is 5.37. The Kier molecular flexibility index (Phi) is 4.85. The highest BCUT2D eigenvalue weighted by Crippen LogP contribution is 2.27. The van der Waals surface area contributed by atoms with Gasteiger partial charge in [0.15, 0.2) is 0 Å². The fourth-order valence-corrected chi connectivity index (χ4v) is 3.91. The van der Waals surface area contributed by atoms with E-state index >= 15 is 0 Å². The van der Waals surface area contributed by atoms with E-state index in [-0.39, 0.29) is 18.2 Å². The Morgan fingerprint density at radius 1 is 0.926 bits per heavy atom. The van der Waals surface area contributed by atoms with Crippen LogP contribution < -0.4 is 9.80 Å². The second-order valence-corrected chi connectivity index (χ2v) is 7.20. The second-order valence-electron chi connectivity index (χ2n) is 6.77. The minimum absolute atomic E-state index is 0.160. The Morgan fingerprint density at radius 3 is 2.30 bits per heavy atom. The standard InChI is InChI=1S/C20H19ClFN3O2/c21-14-2-1-3-17(12-14)23-8-10-24(11-9-23)18-13-19(26)25(20(18)27)16-6-4-15(22)5-7-16/h1-7,12,18H,8-11,13H2. The van der Waals surface area contributed by atoms with E-state index in [9.17, 15) is 14.0 Å². The van der Waals surface area contributed by atoms with Crippen LogP contribution in [0.25, 0.3) is 0 Å². The minimum Gasteiger partial charge on any atom is -0.369 e. The Balaban J connectivity index is 1.43. The van der Waals surface area contributed by atoms with Crippen molar-refractivity contribution in [3.05, 3.63) is 59.4 Å². The monoisotopic (exact) mass is 387 g/mol. The molecule has 0 aromatic heterocycles. The maximum Gasteiger partial charge on any atom is 0.251 e. The summed E-state index contributed by atoms with van der Waals surface area (Å²) in [6.45, 7) is 2.89. The molecule has 2 heterocycles. The van der Waals surface area contributed by atoms with Crippen LogP contribution in [0, 0.1) is 5.82 Å². The Labute approximate surface area is 161 Å². The van der Waals surface area contributed by atoms with E-state index in [0.717, 1.165) is 18.8 Å². The number of piperazine rings is 1. The van der Waals surface area contributed by atoms with E-state index in [1.807, 2.05) is 24.3 Å². The molecule has 1 atom stereocenters. The molecule has 1 unspecified atom stereocenters. The number of benzene rings is 2. The van der Waals surface area contributed by atoms with Crippen molar-refractivity contribution in [2.75, 3.05) is 36.0 Å². The fourth-order valence-electron chi connectivity index (χ4n) is 3.73. The molecule has 5 nitrogen and oxygen atoms in total. The third-order valence-electron chi connectivity index (χ3n) is 5.14. The van der Waals surface area contributed by atoms with E-state index < -0.39 is 11.9 Å². The number of halogens is 2. The largest absolute Gasteiger partial charge is 0.369 e. The number of imide groups is 1. The predicted octanol–water partition coefficient (Wildman–Crippen LogP) is 2.93. The van der Waals surface area contributed by atoms with E-state index in [1.165, 1.54) is 29.2 Å². The van der Waals surface area contributed by atoms with Crippen LogP contribution in [0.4, 0.5) is 15.8 Å². The molecule has 2 saturated heterocycles. The van der Waals surface area contributed by atoms with E-state index in [2.05, 4.69) is 9.80 Å². The van der Waals surface area contributed by atoms with E-state index in [0.29, 0.717) is 23.8 Å². The zero-order valence-corrected chi connectivity index (χ0v) is 15.4. The highest BCUT2D eigenvalue weighted by Gasteiger charge is 2.43. The van der Waals surface area contributed by atoms with Gasteiger partial charge in [-0.2, -0.15) is 0 Å². The molecule has 2 aliphatic rings. The van der Waals surface area contributed by atoms with Crippen LogP contribution >= 0.6 is 11.6 Å². The van der Waals surface area contributed by atoms with Crippen molar-refractivity contribution in [2.24, 2.45) is 0 Å². The number of amides is 2. The average Bonchev–Trinajstić information content (AvgIpc) is 2.97. The van der Waals surface area contributed by atoms with Gasteiger partial charge < -0.3 is 4.90 Å². The first kappa shape index (κ1) is 17.9. The van der Waals surface area contributed by atoms with Gasteiger partial charge in [0.25, 0.3) is 5.91 Å². The number of nitrogens with zero attached hydrogens (tertiary/aromatic N) is 3. The van der Waals surface area contributed by atoms with Crippen LogP contribution in [0.3, 0.4) is 0 Å². The molecule has 140 valence electrons. The number of hydrogen-bond donors (Lipinski definition) is 0. The quantitative estimate of drug-likeness (QED) is 0.759. The number of anilines is 2. The van der Waals surface area contributed by atoms with Gasteiger partial charge in [0, 0.05) is 36.9 Å². The van der Waals surface area contributed by atoms with Crippen LogP contribution in [-0.4, -0.2) is 48.9 Å². The Morgan fingerprint density at radius 2 is 1.63 bits per heavy atom. The summed E-state index contributed by atoms with van der Waals surface area (Å²) in [5.41, 5.74) is 1.48. The molecular formula is C20H19ClFN3O2. The summed E-state index contributed by atoms with van der Waals surface area (Å²) in [4.78, 5) is 30.7. The smallest absolute Gasteiger partial charge is 0.251 e. The lowest BCUT2D eigenvalue weighted by molar-refractivity contribution is -0.123. The van der Waals surface area contributed by atoms with Gasteiger partial charge in [-0.3, -0.25) is 14.5 Å². The first-order valence-electron chi connectivity index (χ1n) is 8.90. The molecule has 2 amide bonds. The van der Waals surface area contributed by atoms with Gasteiger partial charge in [-0.1, -0.05) is 17.7 Å². The maximum absolute atomic E-state index is 13.1. The number of carbonyl (C=O) groups is 2. The molecule has 2 aliphatic heterocycles. The zero-order valence-electron chi connectivity index (χ0n) is 14.6. The van der Waals surface area contributed by atoms with Crippen LogP contribution in [0.2, 0.25) is 5.02 Å². The van der Waals surface area contributed by atoms with Crippen molar-refractivity contribution in [1.82, 2.24) is 4.90 Å². The van der Waals surface area contributed by atoms with E-state index in [1.54, 1.807) is 0 Å². The summed E-state index contributed by atoms with van der Waals surface area (Å²) in [5, 5.41) is 0.696. The Hall–Kier alpha value is -2.44. The first-order valence-corrected chi connectivity index (χ1v) is 9.27. The molecule has 2 aromatic rings. The van der Waals surface area contributed by atoms with Crippen molar-refractivity contribution in [3.63, 3.8) is 0 Å². The van der Waals surface area contributed by atoms with Crippen molar-refractivity contribution in [1.29, 1.82) is 0 Å². The first-order chi connectivity index (χ1) is 13.0. The average molecular weight is 388 g/mol. The molecule has 7 heteroatoms. The second kappa shape index (κ2) is 7.29. The highest BCUT2D eigenvalue weighted by atomic mass is 35.5. The molecule has 4 rings (SSSR count). The Bertz CT molecular complexity index is 866. The van der Waals surface area contributed by atoms with Crippen molar-refractivity contribution in [2.45, 2.75) is 12.5 Å². The summed E-state index contributed by atoms with van der Waals surface area (Å²) in [5.74, 6) is -0.872. The molecule has 0 saturated carbocycles. The van der Waals surface area contributed by atoms with Crippen molar-refractivity contribution < 1.29 is 14.0 Å². The normalized spacial score (nSPS) is 21.2. The topological polar surface area (TPSA) is 43.9 Å². The van der Waals surface area contributed by atoms with Crippen LogP contribution in [0.15, 0.2) is 48.5 Å². The predicted molar refractivity (Wildman–Crippen MR) is 103 cm³/mol. The van der Waals surface area contributed by atoms with Gasteiger partial charge in [-0.15, -0.1) is 0 Å².